The number of hydrogen-bond donors (Lipinski definition) is 3. The Morgan fingerprint density at radius 2 is 1.91 bits per heavy atom. The quantitative estimate of drug-likeness (QED) is 0.372. The van der Waals surface area contributed by atoms with Crippen LogP contribution >= 0.6 is 15.9 Å². The number of rotatable bonds is 8. The van der Waals surface area contributed by atoms with E-state index in [0.717, 1.165) is 40.4 Å². The summed E-state index contributed by atoms with van der Waals surface area (Å²) in [6.45, 7) is 2.50. The summed E-state index contributed by atoms with van der Waals surface area (Å²) >= 11 is 3.46. The van der Waals surface area contributed by atoms with E-state index in [4.69, 9.17) is 0 Å². The maximum Gasteiger partial charge on any atom is 0.318 e. The lowest BCUT2D eigenvalue weighted by atomic mass is 9.99. The standard InChI is InChI=1S/C25H29BrN6O2/c1-17(19-11-13-21(26)14-12-19)27-25(34)32(22-5-3-2-4-6-22)16-18-7-9-20(10-8-18)23(33)15-24-28-30-31-29-24/h2-3,7-14,17,22-23,33H,4-6,15-16H2,1H3,(H,27,34)(H,28,29,30,31)/t17-,22?,23+/m1/s1. The molecule has 0 bridgehead atoms. The van der Waals surface area contributed by atoms with E-state index in [2.05, 4.69) is 54.0 Å². The van der Waals surface area contributed by atoms with Gasteiger partial charge < -0.3 is 15.3 Å². The lowest BCUT2D eigenvalue weighted by Crippen LogP contribution is -2.46. The Balaban J connectivity index is 1.44. The summed E-state index contributed by atoms with van der Waals surface area (Å²) in [6, 6.07) is 15.7. The van der Waals surface area contributed by atoms with Crippen molar-refractivity contribution in [3.8, 4) is 0 Å². The number of hydrogen-bond acceptors (Lipinski definition) is 5. The van der Waals surface area contributed by atoms with Gasteiger partial charge in [0.1, 0.15) is 0 Å². The maximum absolute atomic E-state index is 13.4. The monoisotopic (exact) mass is 524 g/mol. The fraction of sp³-hybridized carbons (Fsp3) is 0.360. The zero-order valence-electron chi connectivity index (χ0n) is 19.1. The molecule has 2 amide bonds. The molecule has 0 spiro atoms. The fourth-order valence-corrected chi connectivity index (χ4v) is 4.40. The molecule has 1 unspecified atom stereocenters. The van der Waals surface area contributed by atoms with Crippen molar-refractivity contribution in [2.75, 3.05) is 0 Å². The van der Waals surface area contributed by atoms with Crippen LogP contribution in [0.4, 0.5) is 4.79 Å². The number of aliphatic hydroxyl groups excluding tert-OH is 1. The van der Waals surface area contributed by atoms with Gasteiger partial charge in [-0.15, -0.1) is 10.2 Å². The number of halogens is 1. The van der Waals surface area contributed by atoms with Crippen LogP contribution in [0.5, 0.6) is 0 Å². The van der Waals surface area contributed by atoms with Gasteiger partial charge in [-0.3, -0.25) is 0 Å². The highest BCUT2D eigenvalue weighted by atomic mass is 79.9. The molecule has 9 heteroatoms. The number of aliphatic hydroxyl groups is 1. The van der Waals surface area contributed by atoms with Crippen LogP contribution in [0, 0.1) is 0 Å². The normalized spacial score (nSPS) is 17.2. The van der Waals surface area contributed by atoms with Gasteiger partial charge >= 0.3 is 6.03 Å². The van der Waals surface area contributed by atoms with Crippen LogP contribution < -0.4 is 5.32 Å². The molecule has 4 rings (SSSR count). The molecule has 2 aromatic carbocycles. The van der Waals surface area contributed by atoms with E-state index in [9.17, 15) is 9.90 Å². The topological polar surface area (TPSA) is 107 Å². The van der Waals surface area contributed by atoms with Crippen LogP contribution in [0.1, 0.15) is 60.8 Å². The van der Waals surface area contributed by atoms with E-state index >= 15 is 0 Å². The van der Waals surface area contributed by atoms with Crippen LogP contribution in [0.3, 0.4) is 0 Å². The third kappa shape index (κ3) is 6.30. The predicted molar refractivity (Wildman–Crippen MR) is 133 cm³/mol. The second kappa shape index (κ2) is 11.4. The molecule has 0 radical (unpaired) electrons. The van der Waals surface area contributed by atoms with Crippen molar-refractivity contribution < 1.29 is 9.90 Å². The van der Waals surface area contributed by atoms with E-state index in [1.165, 1.54) is 0 Å². The van der Waals surface area contributed by atoms with Gasteiger partial charge in [0, 0.05) is 23.5 Å². The molecule has 1 aromatic heterocycles. The minimum Gasteiger partial charge on any atom is -0.388 e. The van der Waals surface area contributed by atoms with Gasteiger partial charge in [0.05, 0.1) is 12.1 Å². The van der Waals surface area contributed by atoms with Crippen molar-refractivity contribution in [1.29, 1.82) is 0 Å². The second-order valence-electron chi connectivity index (χ2n) is 8.58. The molecule has 0 saturated carbocycles. The van der Waals surface area contributed by atoms with Crippen molar-refractivity contribution in [3.63, 3.8) is 0 Å². The molecule has 0 fully saturated rings. The maximum atomic E-state index is 13.4. The lowest BCUT2D eigenvalue weighted by Gasteiger charge is -2.34. The number of aromatic nitrogens is 4. The number of H-pyrrole nitrogens is 1. The van der Waals surface area contributed by atoms with Crippen LogP contribution in [-0.2, 0) is 13.0 Å². The van der Waals surface area contributed by atoms with Gasteiger partial charge in [-0.2, -0.15) is 5.21 Å². The molecule has 8 nitrogen and oxygen atoms in total. The number of amides is 2. The van der Waals surface area contributed by atoms with Gasteiger partial charge in [0.25, 0.3) is 0 Å². The number of nitrogens with zero attached hydrogens (tertiary/aromatic N) is 4. The van der Waals surface area contributed by atoms with Crippen molar-refractivity contribution in [2.24, 2.45) is 0 Å². The van der Waals surface area contributed by atoms with E-state index in [1.54, 1.807) is 0 Å². The van der Waals surface area contributed by atoms with E-state index < -0.39 is 6.10 Å². The SMILES string of the molecule is C[C@@H](NC(=O)N(Cc1ccc([C@@H](O)Cc2nn[nH]n2)cc1)C1CC=CCC1)c1ccc(Br)cc1. The largest absolute Gasteiger partial charge is 0.388 e. The minimum absolute atomic E-state index is 0.0723. The van der Waals surface area contributed by atoms with E-state index in [1.807, 2.05) is 60.4 Å². The number of benzene rings is 2. The number of allylic oxidation sites excluding steroid dienone is 1. The first kappa shape index (κ1) is 24.1. The van der Waals surface area contributed by atoms with Crippen molar-refractivity contribution in [2.45, 2.75) is 57.3 Å². The first-order valence-corrected chi connectivity index (χ1v) is 12.3. The van der Waals surface area contributed by atoms with Crippen molar-refractivity contribution >= 4 is 22.0 Å². The lowest BCUT2D eigenvalue weighted by molar-refractivity contribution is 0.162. The van der Waals surface area contributed by atoms with Gasteiger partial charge in [-0.1, -0.05) is 69.7 Å². The van der Waals surface area contributed by atoms with Crippen LogP contribution in [0.2, 0.25) is 0 Å². The zero-order chi connectivity index (χ0) is 23.9. The predicted octanol–water partition coefficient (Wildman–Crippen LogP) is 4.62. The Hall–Kier alpha value is -3.04. The number of carbonyl (C=O) groups is 1. The Morgan fingerprint density at radius 1 is 1.18 bits per heavy atom. The van der Waals surface area contributed by atoms with Gasteiger partial charge in [0.15, 0.2) is 5.82 Å². The Bertz CT molecular complexity index is 1090. The molecule has 1 heterocycles. The number of tetrazole rings is 1. The number of aromatic amines is 1. The number of carbonyl (C=O) groups excluding carboxylic acids is 1. The molecular weight excluding hydrogens is 496 g/mol. The Morgan fingerprint density at radius 3 is 2.56 bits per heavy atom. The highest BCUT2D eigenvalue weighted by molar-refractivity contribution is 9.10. The summed E-state index contributed by atoms with van der Waals surface area (Å²) in [7, 11) is 0. The van der Waals surface area contributed by atoms with Crippen LogP contribution in [0.15, 0.2) is 65.2 Å². The molecule has 3 aromatic rings. The fourth-order valence-electron chi connectivity index (χ4n) is 4.13. The van der Waals surface area contributed by atoms with Crippen molar-refractivity contribution in [1.82, 2.24) is 30.8 Å². The minimum atomic E-state index is -0.721. The molecule has 0 aliphatic heterocycles. The average molecular weight is 525 g/mol. The molecule has 1 aliphatic carbocycles. The summed E-state index contributed by atoms with van der Waals surface area (Å²) < 4.78 is 1.01. The van der Waals surface area contributed by atoms with Gasteiger partial charge in [0.2, 0.25) is 0 Å². The summed E-state index contributed by atoms with van der Waals surface area (Å²) in [5.41, 5.74) is 2.84. The molecule has 1 aliphatic rings. The van der Waals surface area contributed by atoms with Crippen molar-refractivity contribution in [3.05, 3.63) is 87.7 Å². The first-order chi connectivity index (χ1) is 16.5. The van der Waals surface area contributed by atoms with Gasteiger partial charge in [-0.25, -0.2) is 4.79 Å². The smallest absolute Gasteiger partial charge is 0.318 e. The zero-order valence-corrected chi connectivity index (χ0v) is 20.6. The number of urea groups is 1. The third-order valence-electron chi connectivity index (χ3n) is 6.14. The summed E-state index contributed by atoms with van der Waals surface area (Å²) in [5.74, 6) is 0.463. The van der Waals surface area contributed by atoms with Crippen LogP contribution in [-0.4, -0.2) is 42.7 Å². The first-order valence-electron chi connectivity index (χ1n) is 11.5. The molecular formula is C25H29BrN6O2. The molecule has 0 saturated heterocycles. The molecule has 3 atom stereocenters. The summed E-state index contributed by atoms with van der Waals surface area (Å²) in [4.78, 5) is 15.3. The average Bonchev–Trinajstić information content (AvgIpc) is 3.36. The van der Waals surface area contributed by atoms with E-state index in [-0.39, 0.29) is 24.5 Å². The van der Waals surface area contributed by atoms with Gasteiger partial charge in [-0.05, 0) is 55.0 Å². The Kier molecular flexibility index (Phi) is 8.08. The third-order valence-corrected chi connectivity index (χ3v) is 6.66. The highest BCUT2D eigenvalue weighted by Gasteiger charge is 2.25. The summed E-state index contributed by atoms with van der Waals surface area (Å²) in [6.07, 6.45) is 6.66. The highest BCUT2D eigenvalue weighted by Crippen LogP contribution is 2.23. The molecule has 178 valence electrons. The van der Waals surface area contributed by atoms with E-state index in [0.29, 0.717) is 12.4 Å². The summed E-state index contributed by atoms with van der Waals surface area (Å²) in [5, 5.41) is 27.3. The molecule has 34 heavy (non-hydrogen) atoms. The second-order valence-corrected chi connectivity index (χ2v) is 9.49. The Labute approximate surface area is 207 Å². The van der Waals surface area contributed by atoms with Crippen LogP contribution in [0.25, 0.3) is 0 Å². The molecule has 3 N–H and O–H groups in total. The number of nitrogens with one attached hydrogen (secondary N) is 2.